The van der Waals surface area contributed by atoms with Gasteiger partial charge in [-0.3, -0.25) is 4.79 Å². The summed E-state index contributed by atoms with van der Waals surface area (Å²) in [5.74, 6) is -3.37. The number of sulfonamides is 1. The molecule has 2 rings (SSSR count). The number of aliphatic hydroxyl groups is 2. The molecule has 0 amide bonds. The van der Waals surface area contributed by atoms with Crippen LogP contribution in [0, 0.1) is 0 Å². The number of aromatic nitrogens is 2. The highest BCUT2D eigenvalue weighted by Crippen LogP contribution is 2.32. The predicted octanol–water partition coefficient (Wildman–Crippen LogP) is 2.61. The van der Waals surface area contributed by atoms with Gasteiger partial charge in [0.1, 0.15) is 0 Å². The summed E-state index contributed by atoms with van der Waals surface area (Å²) in [4.78, 5) is 19.6. The third-order valence-corrected chi connectivity index (χ3v) is 5.95. The van der Waals surface area contributed by atoms with Gasteiger partial charge in [-0.2, -0.15) is 0 Å². The van der Waals surface area contributed by atoms with Crippen LogP contribution in [-0.4, -0.2) is 58.8 Å². The lowest BCUT2D eigenvalue weighted by atomic mass is 9.97. The number of nitrogens with zero attached hydrogens (tertiary/aromatic N) is 3. The Labute approximate surface area is 188 Å². The second-order valence-electron chi connectivity index (χ2n) is 7.88. The van der Waals surface area contributed by atoms with Crippen molar-refractivity contribution in [1.82, 2.24) is 9.97 Å². The maximum atomic E-state index is 12.1. The fourth-order valence-corrected chi connectivity index (χ4v) is 3.36. The molecule has 0 unspecified atom stereocenters. The van der Waals surface area contributed by atoms with Crippen LogP contribution >= 0.6 is 0 Å². The number of anilines is 1. The van der Waals surface area contributed by atoms with Crippen LogP contribution in [0.25, 0.3) is 17.3 Å². The van der Waals surface area contributed by atoms with Crippen molar-refractivity contribution in [2.75, 3.05) is 17.6 Å². The molecule has 1 aromatic heterocycles. The van der Waals surface area contributed by atoms with E-state index in [4.69, 9.17) is 5.11 Å². The molecular formula is C22H29N3O6S. The number of carboxylic acids is 1. The number of benzene rings is 1. The molecular weight excluding hydrogens is 434 g/mol. The smallest absolute Gasteiger partial charge is 0.303 e. The molecule has 0 fully saturated rings. The number of aliphatic carboxylic acids is 1. The molecule has 10 heteroatoms. The molecule has 1 heterocycles. The number of carboxylic acid groups (broad SMARTS) is 1. The Hall–Kier alpha value is -2.82. The third kappa shape index (κ3) is 6.84. The van der Waals surface area contributed by atoms with Gasteiger partial charge in [-0.05, 0) is 24.5 Å². The summed E-state index contributed by atoms with van der Waals surface area (Å²) in [6.45, 7) is 3.77. The summed E-state index contributed by atoms with van der Waals surface area (Å²) in [7, 11) is -2.23. The first-order valence-corrected chi connectivity index (χ1v) is 11.9. The van der Waals surface area contributed by atoms with Crippen LogP contribution < -0.4 is 4.31 Å². The van der Waals surface area contributed by atoms with Gasteiger partial charge in [0.15, 0.2) is 5.79 Å². The van der Waals surface area contributed by atoms with E-state index in [-0.39, 0.29) is 31.1 Å². The lowest BCUT2D eigenvalue weighted by Crippen LogP contribution is -2.28. The molecule has 0 aliphatic heterocycles. The van der Waals surface area contributed by atoms with Crippen molar-refractivity contribution in [2.24, 2.45) is 0 Å². The zero-order chi connectivity index (χ0) is 24.1. The summed E-state index contributed by atoms with van der Waals surface area (Å²) >= 11 is 0. The van der Waals surface area contributed by atoms with Gasteiger partial charge in [0.25, 0.3) is 0 Å². The molecule has 0 spiro atoms. The second kappa shape index (κ2) is 10.2. The van der Waals surface area contributed by atoms with Crippen molar-refractivity contribution < 1.29 is 28.5 Å². The monoisotopic (exact) mass is 463 g/mol. The first kappa shape index (κ1) is 25.4. The summed E-state index contributed by atoms with van der Waals surface area (Å²) < 4.78 is 25.1. The minimum Gasteiger partial charge on any atom is -0.481 e. The Balaban J connectivity index is 2.63. The van der Waals surface area contributed by atoms with Crippen molar-refractivity contribution in [1.29, 1.82) is 0 Å². The molecule has 3 N–H and O–H groups in total. The molecule has 0 bridgehead atoms. The van der Waals surface area contributed by atoms with Crippen molar-refractivity contribution in [3.63, 3.8) is 0 Å². The summed E-state index contributed by atoms with van der Waals surface area (Å²) in [5.41, 5.74) is 2.18. The van der Waals surface area contributed by atoms with E-state index in [0.29, 0.717) is 22.5 Å². The normalized spacial score (nSPS) is 12.5. The van der Waals surface area contributed by atoms with Crippen molar-refractivity contribution in [2.45, 2.75) is 44.8 Å². The average Bonchev–Trinajstić information content (AvgIpc) is 2.70. The highest BCUT2D eigenvalue weighted by molar-refractivity contribution is 7.92. The minimum absolute atomic E-state index is 0.00733. The van der Waals surface area contributed by atoms with E-state index < -0.39 is 21.8 Å². The molecule has 0 atom stereocenters. The van der Waals surface area contributed by atoms with Gasteiger partial charge >= 0.3 is 5.97 Å². The molecule has 0 saturated carbocycles. The molecule has 1 aromatic carbocycles. The summed E-state index contributed by atoms with van der Waals surface area (Å²) in [6.07, 6.45) is 3.46. The lowest BCUT2D eigenvalue weighted by molar-refractivity contribution is -0.139. The topological polar surface area (TPSA) is 141 Å². The third-order valence-electron chi connectivity index (χ3n) is 4.79. The highest BCUT2D eigenvalue weighted by Gasteiger charge is 2.24. The molecule has 174 valence electrons. The summed E-state index contributed by atoms with van der Waals surface area (Å²) in [5, 5.41) is 29.3. The van der Waals surface area contributed by atoms with Crippen LogP contribution in [0.5, 0.6) is 0 Å². The zero-order valence-electron chi connectivity index (χ0n) is 18.6. The minimum atomic E-state index is -3.60. The van der Waals surface area contributed by atoms with E-state index in [1.54, 1.807) is 0 Å². The molecule has 9 nitrogen and oxygen atoms in total. The van der Waals surface area contributed by atoms with Gasteiger partial charge in [0, 0.05) is 31.0 Å². The maximum Gasteiger partial charge on any atom is 0.303 e. The summed E-state index contributed by atoms with van der Waals surface area (Å²) in [6, 6.07) is 9.09. The van der Waals surface area contributed by atoms with Gasteiger partial charge in [0.05, 0.1) is 17.6 Å². The van der Waals surface area contributed by atoms with Crippen LogP contribution in [0.1, 0.15) is 50.3 Å². The van der Waals surface area contributed by atoms with Gasteiger partial charge in [-0.15, -0.1) is 0 Å². The molecule has 0 aliphatic carbocycles. The van der Waals surface area contributed by atoms with Gasteiger partial charge in [0.2, 0.25) is 16.0 Å². The Morgan fingerprint density at radius 1 is 1.19 bits per heavy atom. The Bertz CT molecular complexity index is 1080. The van der Waals surface area contributed by atoms with Crippen LogP contribution in [0.3, 0.4) is 0 Å². The second-order valence-corrected chi connectivity index (χ2v) is 9.90. The molecule has 0 saturated heterocycles. The van der Waals surface area contributed by atoms with E-state index in [9.17, 15) is 23.4 Å². The number of hydrogen-bond donors (Lipinski definition) is 3. The van der Waals surface area contributed by atoms with E-state index >= 15 is 0 Å². The van der Waals surface area contributed by atoms with Crippen molar-refractivity contribution >= 4 is 28.0 Å². The van der Waals surface area contributed by atoms with Gasteiger partial charge in [-0.1, -0.05) is 44.2 Å². The molecule has 0 aliphatic rings. The lowest BCUT2D eigenvalue weighted by Gasteiger charge is -2.21. The van der Waals surface area contributed by atoms with Crippen LogP contribution in [-0.2, 0) is 14.8 Å². The van der Waals surface area contributed by atoms with E-state index in [1.165, 1.54) is 19.2 Å². The van der Waals surface area contributed by atoms with E-state index in [0.717, 1.165) is 10.6 Å². The van der Waals surface area contributed by atoms with E-state index in [1.807, 2.05) is 44.2 Å². The fourth-order valence-electron chi connectivity index (χ4n) is 2.98. The molecule has 32 heavy (non-hydrogen) atoms. The largest absolute Gasteiger partial charge is 0.481 e. The number of rotatable bonds is 10. The number of hydrogen-bond acceptors (Lipinski definition) is 7. The van der Waals surface area contributed by atoms with E-state index in [2.05, 4.69) is 9.97 Å². The predicted molar refractivity (Wildman–Crippen MR) is 122 cm³/mol. The standard InChI is InChI=1S/C22H29N3O6S/c1-15(2)19-17(12-14-22(28,29)13-8-11-18(26)27)20(16-9-6-5-7-10-16)24-21(23-19)25(3)32(4,30)31/h5-7,9-10,12,14-15,28-29H,8,11,13H2,1-4H3,(H,26,27)/b14-12+. The quantitative estimate of drug-likeness (QED) is 0.457. The van der Waals surface area contributed by atoms with Crippen molar-refractivity contribution in [3.8, 4) is 11.3 Å². The number of carbonyl (C=O) groups is 1. The zero-order valence-corrected chi connectivity index (χ0v) is 19.4. The van der Waals surface area contributed by atoms with Crippen LogP contribution in [0.4, 0.5) is 5.95 Å². The highest BCUT2D eigenvalue weighted by atomic mass is 32.2. The van der Waals surface area contributed by atoms with Crippen LogP contribution in [0.15, 0.2) is 36.4 Å². The maximum absolute atomic E-state index is 12.1. The fraction of sp³-hybridized carbons (Fsp3) is 0.409. The molecule has 2 aromatic rings. The van der Waals surface area contributed by atoms with Crippen LogP contribution in [0.2, 0.25) is 0 Å². The Morgan fingerprint density at radius 3 is 2.34 bits per heavy atom. The first-order chi connectivity index (χ1) is 14.8. The first-order valence-electron chi connectivity index (χ1n) is 10.1. The van der Waals surface area contributed by atoms with Gasteiger partial charge < -0.3 is 15.3 Å². The Morgan fingerprint density at radius 2 is 1.81 bits per heavy atom. The molecule has 0 radical (unpaired) electrons. The van der Waals surface area contributed by atoms with Crippen molar-refractivity contribution in [3.05, 3.63) is 47.7 Å². The Kier molecular flexibility index (Phi) is 8.11. The SMILES string of the molecule is CC(C)c1nc(N(C)S(C)(=O)=O)nc(-c2ccccc2)c1/C=C/C(O)(O)CCCC(=O)O. The van der Waals surface area contributed by atoms with Gasteiger partial charge in [-0.25, -0.2) is 22.7 Å². The average molecular weight is 464 g/mol.